The molecule has 0 fully saturated rings. The van der Waals surface area contributed by atoms with E-state index in [4.69, 9.17) is 0 Å². The Hall–Kier alpha value is -2.02. The van der Waals surface area contributed by atoms with Crippen LogP contribution >= 0.6 is 0 Å². The van der Waals surface area contributed by atoms with Crippen LogP contribution in [0.25, 0.3) is 0 Å². The fourth-order valence-electron chi connectivity index (χ4n) is 1.17. The van der Waals surface area contributed by atoms with E-state index in [9.17, 15) is 9.59 Å². The molecule has 1 aromatic rings. The predicted molar refractivity (Wildman–Crippen MR) is 62.0 cm³/mol. The van der Waals surface area contributed by atoms with Gasteiger partial charge in [-0.3, -0.25) is 9.59 Å². The van der Waals surface area contributed by atoms with Gasteiger partial charge in [0, 0.05) is 37.7 Å². The van der Waals surface area contributed by atoms with Crippen molar-refractivity contribution >= 4 is 5.91 Å². The summed E-state index contributed by atoms with van der Waals surface area (Å²) in [7, 11) is 0. The molecule has 1 aromatic heterocycles. The second-order valence-corrected chi connectivity index (χ2v) is 3.43. The van der Waals surface area contributed by atoms with Gasteiger partial charge in [-0.1, -0.05) is 11.8 Å². The first kappa shape index (κ1) is 12.1. The number of hydrogen-bond acceptors (Lipinski definition) is 2. The van der Waals surface area contributed by atoms with E-state index >= 15 is 0 Å². The summed E-state index contributed by atoms with van der Waals surface area (Å²) in [5, 5.41) is 2.66. The van der Waals surface area contributed by atoms with E-state index in [1.54, 1.807) is 6.20 Å². The van der Waals surface area contributed by atoms with Gasteiger partial charge in [0.15, 0.2) is 0 Å². The fourth-order valence-corrected chi connectivity index (χ4v) is 1.17. The second-order valence-electron chi connectivity index (χ2n) is 3.43. The van der Waals surface area contributed by atoms with Gasteiger partial charge < -0.3 is 10.3 Å². The predicted octanol–water partition coefficient (Wildman–Crippen LogP) is 0.561. The number of amides is 1. The number of aromatic nitrogens is 1. The summed E-state index contributed by atoms with van der Waals surface area (Å²) in [5.41, 5.74) is 1.54. The zero-order valence-electron chi connectivity index (χ0n) is 9.39. The van der Waals surface area contributed by atoms with Gasteiger partial charge >= 0.3 is 0 Å². The summed E-state index contributed by atoms with van der Waals surface area (Å²) in [6.45, 7) is 3.86. The largest absolute Gasteiger partial charge is 0.355 e. The second kappa shape index (κ2) is 5.76. The average Bonchev–Trinajstić information content (AvgIpc) is 2.20. The third-order valence-electron chi connectivity index (χ3n) is 1.98. The number of hydrogen-bond donors (Lipinski definition) is 2. The van der Waals surface area contributed by atoms with Crippen LogP contribution in [0.15, 0.2) is 17.1 Å². The maximum absolute atomic E-state index is 10.9. The van der Waals surface area contributed by atoms with Crippen LogP contribution in [0.4, 0.5) is 0 Å². The van der Waals surface area contributed by atoms with Crippen molar-refractivity contribution in [2.75, 3.05) is 6.54 Å². The smallest absolute Gasteiger partial charge is 0.248 e. The van der Waals surface area contributed by atoms with Crippen LogP contribution in [-0.2, 0) is 4.79 Å². The van der Waals surface area contributed by atoms with Gasteiger partial charge in [0.05, 0.1) is 0 Å². The summed E-state index contributed by atoms with van der Waals surface area (Å²) in [6, 6.07) is 1.51. The average molecular weight is 218 g/mol. The molecule has 0 atom stereocenters. The summed E-state index contributed by atoms with van der Waals surface area (Å²) in [4.78, 5) is 24.1. The summed E-state index contributed by atoms with van der Waals surface area (Å²) < 4.78 is 0. The summed E-state index contributed by atoms with van der Waals surface area (Å²) >= 11 is 0. The van der Waals surface area contributed by atoms with Crippen molar-refractivity contribution in [2.24, 2.45) is 0 Å². The third kappa shape index (κ3) is 4.01. The Kier molecular flexibility index (Phi) is 4.34. The van der Waals surface area contributed by atoms with Crippen LogP contribution in [0.5, 0.6) is 0 Å². The Morgan fingerprint density at radius 2 is 2.31 bits per heavy atom. The van der Waals surface area contributed by atoms with Gasteiger partial charge in [-0.05, 0) is 12.5 Å². The lowest BCUT2D eigenvalue weighted by Crippen LogP contribution is -2.20. The van der Waals surface area contributed by atoms with Gasteiger partial charge in [0.2, 0.25) is 11.5 Å². The van der Waals surface area contributed by atoms with E-state index < -0.39 is 0 Å². The highest BCUT2D eigenvalue weighted by molar-refractivity contribution is 5.72. The van der Waals surface area contributed by atoms with Crippen molar-refractivity contribution in [1.29, 1.82) is 0 Å². The molecule has 1 heterocycles. The maximum Gasteiger partial charge on any atom is 0.248 e. The van der Waals surface area contributed by atoms with Crippen LogP contribution < -0.4 is 10.9 Å². The Labute approximate surface area is 94.1 Å². The first-order valence-electron chi connectivity index (χ1n) is 5.02. The number of carbonyl (C=O) groups is 1. The molecule has 0 aromatic carbocycles. The number of carbonyl (C=O) groups excluding carboxylic acids is 1. The van der Waals surface area contributed by atoms with Gasteiger partial charge in [0.25, 0.3) is 0 Å². The highest BCUT2D eigenvalue weighted by atomic mass is 16.1. The zero-order valence-corrected chi connectivity index (χ0v) is 9.39. The van der Waals surface area contributed by atoms with Crippen molar-refractivity contribution in [2.45, 2.75) is 20.3 Å². The topological polar surface area (TPSA) is 62.0 Å². The van der Waals surface area contributed by atoms with Crippen molar-refractivity contribution in [3.05, 3.63) is 33.7 Å². The Bertz CT molecular complexity index is 492. The lowest BCUT2D eigenvalue weighted by Gasteiger charge is -1.96. The fraction of sp³-hybridized carbons (Fsp3) is 0.333. The van der Waals surface area contributed by atoms with Crippen molar-refractivity contribution in [3.63, 3.8) is 0 Å². The molecule has 1 rings (SSSR count). The lowest BCUT2D eigenvalue weighted by atomic mass is 10.1. The minimum atomic E-state index is -0.124. The SMILES string of the molecule is CC(=O)NCCC#Cc1c[nH]c(=O)cc1C. The molecule has 0 aliphatic heterocycles. The monoisotopic (exact) mass is 218 g/mol. The highest BCUT2D eigenvalue weighted by Gasteiger charge is 1.94. The Morgan fingerprint density at radius 3 is 2.94 bits per heavy atom. The molecule has 2 N–H and O–H groups in total. The number of rotatable bonds is 2. The van der Waals surface area contributed by atoms with Gasteiger partial charge in [-0.2, -0.15) is 0 Å². The molecule has 0 unspecified atom stereocenters. The summed E-state index contributed by atoms with van der Waals surface area (Å²) in [5.74, 6) is 5.82. The van der Waals surface area contributed by atoms with E-state index in [0.717, 1.165) is 11.1 Å². The first-order valence-corrected chi connectivity index (χ1v) is 5.02. The van der Waals surface area contributed by atoms with E-state index in [1.807, 2.05) is 6.92 Å². The standard InChI is InChI=1S/C12H14N2O2/c1-9-7-12(16)14-8-11(9)5-3-4-6-13-10(2)15/h7-8H,4,6H2,1-2H3,(H,13,15)(H,14,16). The molecule has 84 valence electrons. The molecule has 0 saturated carbocycles. The molecule has 4 nitrogen and oxygen atoms in total. The van der Waals surface area contributed by atoms with Crippen molar-refractivity contribution in [1.82, 2.24) is 10.3 Å². The molecular weight excluding hydrogens is 204 g/mol. The van der Waals surface area contributed by atoms with Crippen molar-refractivity contribution in [3.8, 4) is 11.8 Å². The molecule has 0 aliphatic rings. The molecule has 0 aliphatic carbocycles. The van der Waals surface area contributed by atoms with Crippen molar-refractivity contribution < 1.29 is 4.79 Å². The molecule has 1 amide bonds. The number of pyridine rings is 1. The van der Waals surface area contributed by atoms with Crippen LogP contribution in [0.1, 0.15) is 24.5 Å². The minimum Gasteiger partial charge on any atom is -0.355 e. The molecule has 16 heavy (non-hydrogen) atoms. The summed E-state index contributed by atoms with van der Waals surface area (Å²) in [6.07, 6.45) is 2.20. The molecule has 0 bridgehead atoms. The van der Waals surface area contributed by atoms with E-state index in [2.05, 4.69) is 22.1 Å². The van der Waals surface area contributed by atoms with Gasteiger partial charge in [-0.15, -0.1) is 0 Å². The van der Waals surface area contributed by atoms with Crippen LogP contribution in [0, 0.1) is 18.8 Å². The molecule has 0 spiro atoms. The molecular formula is C12H14N2O2. The lowest BCUT2D eigenvalue weighted by molar-refractivity contribution is -0.118. The molecule has 0 saturated heterocycles. The van der Waals surface area contributed by atoms with Crippen LogP contribution in [0.2, 0.25) is 0 Å². The Morgan fingerprint density at radius 1 is 1.56 bits per heavy atom. The minimum absolute atomic E-state index is 0.0537. The zero-order chi connectivity index (χ0) is 12.0. The molecule has 0 radical (unpaired) electrons. The van der Waals surface area contributed by atoms with Crippen LogP contribution in [-0.4, -0.2) is 17.4 Å². The van der Waals surface area contributed by atoms with E-state index in [0.29, 0.717) is 13.0 Å². The third-order valence-corrected chi connectivity index (χ3v) is 1.98. The number of aryl methyl sites for hydroxylation is 1. The molecule has 4 heteroatoms. The van der Waals surface area contributed by atoms with Crippen LogP contribution in [0.3, 0.4) is 0 Å². The maximum atomic E-state index is 10.9. The van der Waals surface area contributed by atoms with E-state index in [1.165, 1.54) is 13.0 Å². The quantitative estimate of drug-likeness (QED) is 0.563. The Balaban J connectivity index is 2.56. The first-order chi connectivity index (χ1) is 7.59. The normalized spacial score (nSPS) is 9.12. The number of H-pyrrole nitrogens is 1. The number of nitrogens with one attached hydrogen (secondary N) is 2. The highest BCUT2D eigenvalue weighted by Crippen LogP contribution is 1.99. The van der Waals surface area contributed by atoms with Gasteiger partial charge in [0.1, 0.15) is 0 Å². The van der Waals surface area contributed by atoms with E-state index in [-0.39, 0.29) is 11.5 Å². The van der Waals surface area contributed by atoms with Gasteiger partial charge in [-0.25, -0.2) is 0 Å². The number of aromatic amines is 1.